The normalized spacial score (nSPS) is 19.2. The highest BCUT2D eigenvalue weighted by atomic mass is 35.5. The minimum atomic E-state index is -0.530. The Morgan fingerprint density at radius 1 is 1.25 bits per heavy atom. The average molecular weight is 455 g/mol. The number of carbonyl (C=O) groups excluding carboxylic acids is 2. The van der Waals surface area contributed by atoms with Crippen molar-refractivity contribution in [1.82, 2.24) is 10.2 Å². The second-order valence-corrected chi connectivity index (χ2v) is 7.24. The summed E-state index contributed by atoms with van der Waals surface area (Å²) in [6.07, 6.45) is 0.277. The smallest absolute Gasteiger partial charge is 0.242 e. The lowest BCUT2D eigenvalue weighted by molar-refractivity contribution is -0.117. The van der Waals surface area contributed by atoms with Gasteiger partial charge in [-0.05, 0) is 18.2 Å². The molecule has 2 aliphatic rings. The molecule has 11 heteroatoms. The summed E-state index contributed by atoms with van der Waals surface area (Å²) in [5, 5.41) is 8.42. The molecule has 2 heterocycles. The number of nitrogens with one attached hydrogen (secondary N) is 3. The van der Waals surface area contributed by atoms with Crippen molar-refractivity contribution in [3.63, 3.8) is 0 Å². The molecular formula is C17H25Cl2FN4O3S. The standard InChI is InChI=1S/C17H23FN4O3S.2ClH/c18-13-2-1-12(20-17(24)15-10-26-11-19-15)9-14(13)21-16(23)3-4-22-5-7-25-8-6-22;;/h1-2,9,15,19H,3-8,10-11H2,(H,20,24)(H,21,23);2*1H. The summed E-state index contributed by atoms with van der Waals surface area (Å²) in [6, 6.07) is 3.92. The van der Waals surface area contributed by atoms with E-state index in [2.05, 4.69) is 20.9 Å². The third-order valence-electron chi connectivity index (χ3n) is 4.30. The van der Waals surface area contributed by atoms with Gasteiger partial charge in [-0.1, -0.05) is 0 Å². The van der Waals surface area contributed by atoms with Gasteiger partial charge in [-0.3, -0.25) is 19.8 Å². The zero-order valence-electron chi connectivity index (χ0n) is 15.2. The molecular weight excluding hydrogens is 430 g/mol. The number of halogens is 3. The predicted octanol–water partition coefficient (Wildman–Crippen LogP) is 1.93. The van der Waals surface area contributed by atoms with E-state index in [-0.39, 0.29) is 54.8 Å². The van der Waals surface area contributed by atoms with Crippen LogP contribution in [0.4, 0.5) is 15.8 Å². The summed E-state index contributed by atoms with van der Waals surface area (Å²) in [6.45, 7) is 3.56. The maximum atomic E-state index is 14.0. The van der Waals surface area contributed by atoms with Crippen LogP contribution in [0.2, 0.25) is 0 Å². The molecule has 0 radical (unpaired) electrons. The van der Waals surface area contributed by atoms with Crippen molar-refractivity contribution in [3.05, 3.63) is 24.0 Å². The van der Waals surface area contributed by atoms with E-state index in [1.807, 2.05) is 0 Å². The molecule has 3 rings (SSSR count). The maximum Gasteiger partial charge on any atom is 0.242 e. The molecule has 1 atom stereocenters. The van der Waals surface area contributed by atoms with Crippen LogP contribution in [0, 0.1) is 5.82 Å². The molecule has 1 aromatic carbocycles. The molecule has 158 valence electrons. The summed E-state index contributed by atoms with van der Waals surface area (Å²) in [7, 11) is 0. The van der Waals surface area contributed by atoms with Gasteiger partial charge < -0.3 is 15.4 Å². The van der Waals surface area contributed by atoms with Gasteiger partial charge in [-0.25, -0.2) is 4.39 Å². The Morgan fingerprint density at radius 2 is 2.00 bits per heavy atom. The Labute approximate surface area is 180 Å². The van der Waals surface area contributed by atoms with Crippen LogP contribution < -0.4 is 16.0 Å². The Bertz CT molecular complexity index is 659. The van der Waals surface area contributed by atoms with Gasteiger partial charge >= 0.3 is 0 Å². The van der Waals surface area contributed by atoms with E-state index in [4.69, 9.17) is 4.74 Å². The second-order valence-electron chi connectivity index (χ2n) is 6.21. The van der Waals surface area contributed by atoms with Gasteiger partial charge in [0, 0.05) is 43.4 Å². The number of carbonyl (C=O) groups is 2. The fourth-order valence-electron chi connectivity index (χ4n) is 2.79. The first-order valence-corrected chi connectivity index (χ1v) is 9.79. The fraction of sp³-hybridized carbons (Fsp3) is 0.529. The van der Waals surface area contributed by atoms with Crippen molar-refractivity contribution in [1.29, 1.82) is 0 Å². The van der Waals surface area contributed by atoms with Crippen LogP contribution in [-0.2, 0) is 14.3 Å². The molecule has 1 unspecified atom stereocenters. The summed E-state index contributed by atoms with van der Waals surface area (Å²) in [5.41, 5.74) is 0.530. The van der Waals surface area contributed by atoms with Crippen molar-refractivity contribution in [2.75, 3.05) is 55.1 Å². The largest absolute Gasteiger partial charge is 0.379 e. The van der Waals surface area contributed by atoms with Gasteiger partial charge in [0.25, 0.3) is 0 Å². The number of rotatable bonds is 6. The molecule has 28 heavy (non-hydrogen) atoms. The maximum absolute atomic E-state index is 14.0. The summed E-state index contributed by atoms with van der Waals surface area (Å²) in [4.78, 5) is 26.4. The van der Waals surface area contributed by atoms with Gasteiger partial charge in [-0.2, -0.15) is 0 Å². The van der Waals surface area contributed by atoms with Crippen molar-refractivity contribution in [3.8, 4) is 0 Å². The van der Waals surface area contributed by atoms with Gasteiger partial charge in [-0.15, -0.1) is 36.6 Å². The number of benzene rings is 1. The van der Waals surface area contributed by atoms with Gasteiger partial charge in [0.1, 0.15) is 5.82 Å². The molecule has 0 aromatic heterocycles. The van der Waals surface area contributed by atoms with E-state index in [0.717, 1.165) is 19.0 Å². The van der Waals surface area contributed by atoms with Gasteiger partial charge in [0.05, 0.1) is 24.9 Å². The number of anilines is 2. The number of thioether (sulfide) groups is 1. The van der Waals surface area contributed by atoms with E-state index in [1.165, 1.54) is 18.2 Å². The minimum absolute atomic E-state index is 0. The number of ether oxygens (including phenoxy) is 1. The Hall–Kier alpha value is -1.10. The molecule has 0 saturated carbocycles. The average Bonchev–Trinajstić information content (AvgIpc) is 3.18. The zero-order valence-corrected chi connectivity index (χ0v) is 17.7. The Kier molecular flexibility index (Phi) is 11.1. The molecule has 3 N–H and O–H groups in total. The van der Waals surface area contributed by atoms with E-state index in [9.17, 15) is 14.0 Å². The van der Waals surface area contributed by atoms with Crippen molar-refractivity contribution in [2.24, 2.45) is 0 Å². The highest BCUT2D eigenvalue weighted by Gasteiger charge is 2.22. The van der Waals surface area contributed by atoms with Crippen LogP contribution in [0.1, 0.15) is 6.42 Å². The van der Waals surface area contributed by atoms with Crippen molar-refractivity contribution < 1.29 is 18.7 Å². The zero-order chi connectivity index (χ0) is 18.4. The first-order valence-electron chi connectivity index (χ1n) is 8.63. The first-order chi connectivity index (χ1) is 12.6. The van der Waals surface area contributed by atoms with Crippen molar-refractivity contribution >= 4 is 59.8 Å². The SMILES string of the molecule is Cl.Cl.O=C(CCN1CCOCC1)Nc1cc(NC(=O)C2CSCN2)ccc1F. The lowest BCUT2D eigenvalue weighted by atomic mass is 10.2. The monoisotopic (exact) mass is 454 g/mol. The van der Waals surface area contributed by atoms with E-state index >= 15 is 0 Å². The summed E-state index contributed by atoms with van der Waals surface area (Å²) < 4.78 is 19.3. The van der Waals surface area contributed by atoms with Crippen LogP contribution in [0.25, 0.3) is 0 Å². The van der Waals surface area contributed by atoms with Crippen molar-refractivity contribution in [2.45, 2.75) is 12.5 Å². The van der Waals surface area contributed by atoms with Gasteiger partial charge in [0.15, 0.2) is 0 Å². The van der Waals surface area contributed by atoms with Crippen LogP contribution in [0.3, 0.4) is 0 Å². The van der Waals surface area contributed by atoms with Gasteiger partial charge in [0.2, 0.25) is 11.8 Å². The second kappa shape index (κ2) is 12.5. The number of hydrogen-bond acceptors (Lipinski definition) is 6. The van der Waals surface area contributed by atoms with E-state index in [1.54, 1.807) is 11.8 Å². The Balaban J connectivity index is 0.00000196. The first kappa shape index (κ1) is 24.9. The highest BCUT2D eigenvalue weighted by molar-refractivity contribution is 7.99. The van der Waals surface area contributed by atoms with Crippen LogP contribution in [0.15, 0.2) is 18.2 Å². The third-order valence-corrected chi connectivity index (χ3v) is 5.24. The molecule has 0 aliphatic carbocycles. The number of nitrogens with zero attached hydrogens (tertiary/aromatic N) is 1. The number of amides is 2. The van der Waals surface area contributed by atoms with Crippen LogP contribution in [0.5, 0.6) is 0 Å². The topological polar surface area (TPSA) is 82.7 Å². The van der Waals surface area contributed by atoms with Crippen LogP contribution >= 0.6 is 36.6 Å². The molecule has 7 nitrogen and oxygen atoms in total. The van der Waals surface area contributed by atoms with E-state index < -0.39 is 5.82 Å². The van der Waals surface area contributed by atoms with Crippen LogP contribution in [-0.4, -0.2) is 67.2 Å². The quantitative estimate of drug-likeness (QED) is 0.608. The summed E-state index contributed by atoms with van der Waals surface area (Å²) >= 11 is 1.65. The summed E-state index contributed by atoms with van der Waals surface area (Å²) in [5.74, 6) is 0.501. The lowest BCUT2D eigenvalue weighted by Crippen LogP contribution is -2.38. The Morgan fingerprint density at radius 3 is 2.68 bits per heavy atom. The molecule has 2 saturated heterocycles. The molecule has 2 amide bonds. The highest BCUT2D eigenvalue weighted by Crippen LogP contribution is 2.21. The molecule has 2 fully saturated rings. The number of morpholine rings is 1. The molecule has 0 spiro atoms. The lowest BCUT2D eigenvalue weighted by Gasteiger charge is -2.26. The fourth-order valence-corrected chi connectivity index (χ4v) is 3.73. The van der Waals surface area contributed by atoms with E-state index in [0.29, 0.717) is 31.2 Å². The molecule has 0 bridgehead atoms. The predicted molar refractivity (Wildman–Crippen MR) is 114 cm³/mol. The third kappa shape index (κ3) is 7.38. The number of hydrogen-bond donors (Lipinski definition) is 3. The molecule has 1 aromatic rings. The molecule has 2 aliphatic heterocycles. The minimum Gasteiger partial charge on any atom is -0.379 e.